The van der Waals surface area contributed by atoms with E-state index in [2.05, 4.69) is 35.2 Å². The Kier molecular flexibility index (Phi) is 8.92. The van der Waals surface area contributed by atoms with Gasteiger partial charge in [0.1, 0.15) is 0 Å². The Balaban J connectivity index is 2.14. The largest absolute Gasteiger partial charge is 0.383 e. The first kappa shape index (κ1) is 15.5. The molecule has 0 aliphatic carbocycles. The van der Waals surface area contributed by atoms with Crippen molar-refractivity contribution >= 4 is 11.6 Å². The number of hydrogen-bond donors (Lipinski definition) is 0. The zero-order valence-electron chi connectivity index (χ0n) is 11.3. The van der Waals surface area contributed by atoms with Gasteiger partial charge in [-0.25, -0.2) is 0 Å². The molecule has 1 rings (SSSR count). The Morgan fingerprint density at radius 1 is 1.06 bits per heavy atom. The SMILES string of the molecule is COCCN(CCCl)CCCCc1ccccc1. The molecule has 1 aromatic rings. The quantitative estimate of drug-likeness (QED) is 0.478. The van der Waals surface area contributed by atoms with Gasteiger partial charge in [0.25, 0.3) is 0 Å². The smallest absolute Gasteiger partial charge is 0.0589 e. The molecular formula is C15H24ClNO. The van der Waals surface area contributed by atoms with Crippen LogP contribution in [0.1, 0.15) is 18.4 Å². The minimum Gasteiger partial charge on any atom is -0.383 e. The van der Waals surface area contributed by atoms with E-state index in [1.807, 2.05) is 0 Å². The maximum Gasteiger partial charge on any atom is 0.0589 e. The van der Waals surface area contributed by atoms with Gasteiger partial charge in [0, 0.05) is 26.1 Å². The molecule has 18 heavy (non-hydrogen) atoms. The van der Waals surface area contributed by atoms with Gasteiger partial charge in [-0.05, 0) is 31.4 Å². The van der Waals surface area contributed by atoms with Crippen molar-refractivity contribution in [2.45, 2.75) is 19.3 Å². The summed E-state index contributed by atoms with van der Waals surface area (Å²) < 4.78 is 5.11. The zero-order valence-corrected chi connectivity index (χ0v) is 12.0. The molecule has 0 amide bonds. The Morgan fingerprint density at radius 2 is 1.83 bits per heavy atom. The van der Waals surface area contributed by atoms with Crippen LogP contribution in [0.5, 0.6) is 0 Å². The number of ether oxygens (including phenoxy) is 1. The average Bonchev–Trinajstić information content (AvgIpc) is 2.42. The summed E-state index contributed by atoms with van der Waals surface area (Å²) in [6.07, 6.45) is 3.62. The van der Waals surface area contributed by atoms with E-state index in [-0.39, 0.29) is 0 Å². The van der Waals surface area contributed by atoms with Crippen molar-refractivity contribution in [3.8, 4) is 0 Å². The Morgan fingerprint density at radius 3 is 2.50 bits per heavy atom. The molecule has 0 aromatic heterocycles. The summed E-state index contributed by atoms with van der Waals surface area (Å²) in [5.74, 6) is 0.697. The summed E-state index contributed by atoms with van der Waals surface area (Å²) >= 11 is 5.80. The molecular weight excluding hydrogens is 246 g/mol. The highest BCUT2D eigenvalue weighted by atomic mass is 35.5. The number of aryl methyl sites for hydroxylation is 1. The zero-order chi connectivity index (χ0) is 13.1. The van der Waals surface area contributed by atoms with E-state index in [4.69, 9.17) is 16.3 Å². The number of unbranched alkanes of at least 4 members (excludes halogenated alkanes) is 1. The highest BCUT2D eigenvalue weighted by Crippen LogP contribution is 2.05. The van der Waals surface area contributed by atoms with Crippen LogP contribution in [0.2, 0.25) is 0 Å². The van der Waals surface area contributed by atoms with Crippen LogP contribution in [0, 0.1) is 0 Å². The lowest BCUT2D eigenvalue weighted by atomic mass is 10.1. The first-order chi connectivity index (χ1) is 8.86. The fourth-order valence-corrected chi connectivity index (χ4v) is 2.22. The van der Waals surface area contributed by atoms with Crippen molar-refractivity contribution in [1.82, 2.24) is 4.90 Å². The lowest BCUT2D eigenvalue weighted by Crippen LogP contribution is -2.30. The lowest BCUT2D eigenvalue weighted by Gasteiger charge is -2.20. The summed E-state index contributed by atoms with van der Waals surface area (Å²) in [5, 5.41) is 0. The maximum absolute atomic E-state index is 5.80. The van der Waals surface area contributed by atoms with Crippen molar-refractivity contribution in [2.75, 3.05) is 39.2 Å². The van der Waals surface area contributed by atoms with Crippen LogP contribution in [-0.4, -0.2) is 44.1 Å². The van der Waals surface area contributed by atoms with Crippen LogP contribution in [-0.2, 0) is 11.2 Å². The van der Waals surface area contributed by atoms with E-state index in [0.717, 1.165) is 26.2 Å². The summed E-state index contributed by atoms with van der Waals surface area (Å²) in [6.45, 7) is 3.84. The average molecular weight is 270 g/mol. The van der Waals surface area contributed by atoms with Gasteiger partial charge < -0.3 is 4.74 Å². The van der Waals surface area contributed by atoms with E-state index in [9.17, 15) is 0 Å². The van der Waals surface area contributed by atoms with E-state index in [0.29, 0.717) is 5.88 Å². The normalized spacial score (nSPS) is 11.1. The van der Waals surface area contributed by atoms with Crippen molar-refractivity contribution in [1.29, 1.82) is 0 Å². The highest BCUT2D eigenvalue weighted by molar-refractivity contribution is 6.18. The van der Waals surface area contributed by atoms with Crippen LogP contribution < -0.4 is 0 Å². The topological polar surface area (TPSA) is 12.5 Å². The van der Waals surface area contributed by atoms with Crippen molar-refractivity contribution < 1.29 is 4.74 Å². The van der Waals surface area contributed by atoms with Crippen LogP contribution in [0.4, 0.5) is 0 Å². The second kappa shape index (κ2) is 10.4. The van der Waals surface area contributed by atoms with Gasteiger partial charge in [-0.3, -0.25) is 4.90 Å². The van der Waals surface area contributed by atoms with Crippen LogP contribution in [0.25, 0.3) is 0 Å². The molecule has 0 radical (unpaired) electrons. The predicted octanol–water partition coefficient (Wildman–Crippen LogP) is 3.20. The van der Waals surface area contributed by atoms with E-state index in [1.165, 1.54) is 24.8 Å². The van der Waals surface area contributed by atoms with Gasteiger partial charge in [-0.1, -0.05) is 30.3 Å². The van der Waals surface area contributed by atoms with Gasteiger partial charge in [0.2, 0.25) is 0 Å². The molecule has 0 atom stereocenters. The van der Waals surface area contributed by atoms with Crippen molar-refractivity contribution in [3.05, 3.63) is 35.9 Å². The maximum atomic E-state index is 5.80. The van der Waals surface area contributed by atoms with Gasteiger partial charge in [0.15, 0.2) is 0 Å². The van der Waals surface area contributed by atoms with Gasteiger partial charge >= 0.3 is 0 Å². The number of hydrogen-bond acceptors (Lipinski definition) is 2. The van der Waals surface area contributed by atoms with Gasteiger partial charge in [-0.2, -0.15) is 0 Å². The highest BCUT2D eigenvalue weighted by Gasteiger charge is 2.03. The third-order valence-corrected chi connectivity index (χ3v) is 3.21. The summed E-state index contributed by atoms with van der Waals surface area (Å²) in [4.78, 5) is 2.38. The molecule has 0 spiro atoms. The molecule has 0 aliphatic rings. The third kappa shape index (κ3) is 7.00. The van der Waals surface area contributed by atoms with E-state index >= 15 is 0 Å². The minimum atomic E-state index is 0.697. The second-order valence-corrected chi connectivity index (χ2v) is 4.84. The fraction of sp³-hybridized carbons (Fsp3) is 0.600. The summed E-state index contributed by atoms with van der Waals surface area (Å²) in [5.41, 5.74) is 1.43. The van der Waals surface area contributed by atoms with Crippen molar-refractivity contribution in [3.63, 3.8) is 0 Å². The Labute approximate surface area is 116 Å². The number of nitrogens with zero attached hydrogens (tertiary/aromatic N) is 1. The molecule has 0 aliphatic heterocycles. The number of alkyl halides is 1. The lowest BCUT2D eigenvalue weighted by molar-refractivity contribution is 0.150. The second-order valence-electron chi connectivity index (χ2n) is 4.47. The standard InChI is InChI=1S/C15H24ClNO/c1-18-14-13-17(12-10-16)11-6-5-9-15-7-3-2-4-8-15/h2-4,7-8H,5-6,9-14H2,1H3. The Bertz CT molecular complexity index is 292. The summed E-state index contributed by atoms with van der Waals surface area (Å²) in [7, 11) is 1.74. The minimum absolute atomic E-state index is 0.697. The molecule has 1 aromatic carbocycles. The fourth-order valence-electron chi connectivity index (χ4n) is 1.98. The number of benzene rings is 1. The van der Waals surface area contributed by atoms with Gasteiger partial charge in [0.05, 0.1) is 6.61 Å². The molecule has 0 N–H and O–H groups in total. The molecule has 3 heteroatoms. The van der Waals surface area contributed by atoms with Gasteiger partial charge in [-0.15, -0.1) is 11.6 Å². The van der Waals surface area contributed by atoms with Crippen LogP contribution >= 0.6 is 11.6 Å². The molecule has 0 saturated heterocycles. The van der Waals surface area contributed by atoms with Crippen LogP contribution in [0.15, 0.2) is 30.3 Å². The first-order valence-electron chi connectivity index (χ1n) is 6.68. The van der Waals surface area contributed by atoms with Crippen LogP contribution in [0.3, 0.4) is 0 Å². The molecule has 0 heterocycles. The number of rotatable bonds is 10. The molecule has 0 fully saturated rings. The number of halogens is 1. The molecule has 102 valence electrons. The first-order valence-corrected chi connectivity index (χ1v) is 7.21. The van der Waals surface area contributed by atoms with E-state index in [1.54, 1.807) is 7.11 Å². The third-order valence-electron chi connectivity index (χ3n) is 3.05. The number of methoxy groups -OCH3 is 1. The monoisotopic (exact) mass is 269 g/mol. The molecule has 0 saturated carbocycles. The Hall–Kier alpha value is -0.570. The summed E-state index contributed by atoms with van der Waals surface area (Å²) in [6, 6.07) is 10.7. The molecule has 0 bridgehead atoms. The van der Waals surface area contributed by atoms with E-state index < -0.39 is 0 Å². The van der Waals surface area contributed by atoms with Crippen molar-refractivity contribution in [2.24, 2.45) is 0 Å². The molecule has 2 nitrogen and oxygen atoms in total. The molecule has 0 unspecified atom stereocenters. The predicted molar refractivity (Wildman–Crippen MR) is 78.4 cm³/mol.